The van der Waals surface area contributed by atoms with E-state index in [0.29, 0.717) is 16.7 Å². The van der Waals surface area contributed by atoms with Crippen LogP contribution in [0.5, 0.6) is 0 Å². The van der Waals surface area contributed by atoms with Crippen LogP contribution in [0.25, 0.3) is 0 Å². The van der Waals surface area contributed by atoms with Gasteiger partial charge >= 0.3 is 5.97 Å². The van der Waals surface area contributed by atoms with Gasteiger partial charge in [-0.3, -0.25) is 4.79 Å². The lowest BCUT2D eigenvalue weighted by Gasteiger charge is -2.21. The second kappa shape index (κ2) is 6.58. The van der Waals surface area contributed by atoms with Crippen molar-refractivity contribution in [1.82, 2.24) is 10.1 Å². The average Bonchev–Trinajstić information content (AvgIpc) is 2.87. The zero-order valence-corrected chi connectivity index (χ0v) is 12.5. The molecule has 7 heteroatoms. The molecule has 2 aromatic rings. The Labute approximate surface area is 127 Å². The fourth-order valence-corrected chi connectivity index (χ4v) is 1.92. The Kier molecular flexibility index (Phi) is 4.80. The first-order chi connectivity index (χ1) is 9.95. The fourth-order valence-electron chi connectivity index (χ4n) is 1.79. The average molecular weight is 310 g/mol. The number of nitrogens with zero attached hydrogens (tertiary/aromatic N) is 3. The molecule has 21 heavy (non-hydrogen) atoms. The number of hydrogen-bond donors (Lipinski definition) is 1. The second-order valence-electron chi connectivity index (χ2n) is 4.93. The van der Waals surface area contributed by atoms with E-state index in [1.807, 2.05) is 13.8 Å². The summed E-state index contributed by atoms with van der Waals surface area (Å²) in [5, 5.41) is 13.5. The monoisotopic (exact) mass is 309 g/mol. The number of carbonyl (C=O) groups is 1. The van der Waals surface area contributed by atoms with Crippen molar-refractivity contribution in [3.05, 3.63) is 41.0 Å². The van der Waals surface area contributed by atoms with E-state index in [-0.39, 0.29) is 19.0 Å². The van der Waals surface area contributed by atoms with Crippen LogP contribution in [0.15, 0.2) is 28.8 Å². The molecule has 2 rings (SSSR count). The summed E-state index contributed by atoms with van der Waals surface area (Å²) < 4.78 is 5.13. The van der Waals surface area contributed by atoms with Crippen molar-refractivity contribution in [2.45, 2.75) is 26.3 Å². The van der Waals surface area contributed by atoms with Gasteiger partial charge in [0.05, 0.1) is 6.54 Å². The van der Waals surface area contributed by atoms with E-state index in [9.17, 15) is 4.79 Å². The van der Waals surface area contributed by atoms with E-state index < -0.39 is 5.97 Å². The molecule has 0 saturated heterocycles. The number of rotatable bonds is 6. The Morgan fingerprint density at radius 2 is 2.05 bits per heavy atom. The quantitative estimate of drug-likeness (QED) is 0.883. The van der Waals surface area contributed by atoms with Crippen LogP contribution in [0.1, 0.15) is 31.5 Å². The SMILES string of the molecule is CC(C)c1nc(CN(CC(=O)O)c2ccc(Cl)cc2)no1. The molecule has 112 valence electrons. The lowest BCUT2D eigenvalue weighted by molar-refractivity contribution is -0.135. The van der Waals surface area contributed by atoms with Crippen LogP contribution in [0, 0.1) is 0 Å². The number of anilines is 1. The van der Waals surface area contributed by atoms with Crippen LogP contribution < -0.4 is 4.90 Å². The summed E-state index contributed by atoms with van der Waals surface area (Å²) in [6.45, 7) is 3.99. The number of carboxylic acids is 1. The van der Waals surface area contributed by atoms with E-state index in [0.717, 1.165) is 5.69 Å². The Bertz CT molecular complexity index is 610. The molecule has 0 aliphatic rings. The number of benzene rings is 1. The summed E-state index contributed by atoms with van der Waals surface area (Å²) in [7, 11) is 0. The van der Waals surface area contributed by atoms with Crippen molar-refractivity contribution in [1.29, 1.82) is 0 Å². The highest BCUT2D eigenvalue weighted by atomic mass is 35.5. The van der Waals surface area contributed by atoms with Crippen molar-refractivity contribution < 1.29 is 14.4 Å². The molecule has 6 nitrogen and oxygen atoms in total. The molecule has 1 N–H and O–H groups in total. The van der Waals surface area contributed by atoms with Crippen molar-refractivity contribution >= 4 is 23.3 Å². The zero-order valence-electron chi connectivity index (χ0n) is 11.8. The van der Waals surface area contributed by atoms with Crippen molar-refractivity contribution in [2.24, 2.45) is 0 Å². The fraction of sp³-hybridized carbons (Fsp3) is 0.357. The molecular weight excluding hydrogens is 294 g/mol. The van der Waals surface area contributed by atoms with Crippen LogP contribution in [0.3, 0.4) is 0 Å². The number of halogens is 1. The molecule has 0 spiro atoms. The number of aromatic nitrogens is 2. The number of carboxylic acid groups (broad SMARTS) is 1. The molecule has 0 radical (unpaired) electrons. The maximum atomic E-state index is 11.0. The van der Waals surface area contributed by atoms with Gasteiger partial charge in [0.15, 0.2) is 5.82 Å². The van der Waals surface area contributed by atoms with Crippen LogP contribution >= 0.6 is 11.6 Å². The van der Waals surface area contributed by atoms with E-state index in [1.54, 1.807) is 29.2 Å². The lowest BCUT2D eigenvalue weighted by atomic mass is 10.2. The minimum Gasteiger partial charge on any atom is -0.480 e. The van der Waals surface area contributed by atoms with Gasteiger partial charge in [0, 0.05) is 16.6 Å². The summed E-state index contributed by atoms with van der Waals surface area (Å²) in [4.78, 5) is 16.9. The second-order valence-corrected chi connectivity index (χ2v) is 5.37. The summed E-state index contributed by atoms with van der Waals surface area (Å²) in [5.74, 6) is 0.193. The lowest BCUT2D eigenvalue weighted by Crippen LogP contribution is -2.29. The van der Waals surface area contributed by atoms with Crippen LogP contribution in [-0.2, 0) is 11.3 Å². The molecule has 1 aromatic carbocycles. The molecule has 0 unspecified atom stereocenters. The Morgan fingerprint density at radius 1 is 1.38 bits per heavy atom. The summed E-state index contributed by atoms with van der Waals surface area (Å²) in [6.07, 6.45) is 0. The van der Waals surface area contributed by atoms with E-state index in [4.69, 9.17) is 21.2 Å². The molecule has 1 aromatic heterocycles. The minimum absolute atomic E-state index is 0.134. The van der Waals surface area contributed by atoms with Gasteiger partial charge in [-0.15, -0.1) is 0 Å². The Balaban J connectivity index is 2.19. The Hall–Kier alpha value is -2.08. The summed E-state index contributed by atoms with van der Waals surface area (Å²) >= 11 is 5.85. The first-order valence-corrected chi connectivity index (χ1v) is 6.88. The predicted molar refractivity (Wildman–Crippen MR) is 78.5 cm³/mol. The third kappa shape index (κ3) is 4.19. The Morgan fingerprint density at radius 3 is 2.57 bits per heavy atom. The van der Waals surface area contributed by atoms with Crippen molar-refractivity contribution in [3.63, 3.8) is 0 Å². The molecule has 0 saturated carbocycles. The van der Waals surface area contributed by atoms with E-state index in [2.05, 4.69) is 10.1 Å². The summed E-state index contributed by atoms with van der Waals surface area (Å²) in [6, 6.07) is 6.94. The zero-order chi connectivity index (χ0) is 15.4. The highest BCUT2D eigenvalue weighted by molar-refractivity contribution is 6.30. The maximum Gasteiger partial charge on any atom is 0.323 e. The van der Waals surface area contributed by atoms with Gasteiger partial charge in [-0.2, -0.15) is 4.98 Å². The maximum absolute atomic E-state index is 11.0. The third-order valence-corrected chi connectivity index (χ3v) is 3.08. The summed E-state index contributed by atoms with van der Waals surface area (Å²) in [5.41, 5.74) is 0.734. The normalized spacial score (nSPS) is 10.9. The highest BCUT2D eigenvalue weighted by Crippen LogP contribution is 2.20. The van der Waals surface area contributed by atoms with E-state index >= 15 is 0 Å². The molecule has 0 aliphatic heterocycles. The van der Waals surface area contributed by atoms with Gasteiger partial charge in [-0.1, -0.05) is 30.6 Å². The van der Waals surface area contributed by atoms with Gasteiger partial charge in [0.1, 0.15) is 6.54 Å². The largest absolute Gasteiger partial charge is 0.480 e. The van der Waals surface area contributed by atoms with E-state index in [1.165, 1.54) is 0 Å². The van der Waals surface area contributed by atoms with Gasteiger partial charge in [-0.25, -0.2) is 0 Å². The molecule has 0 amide bonds. The first kappa shape index (κ1) is 15.3. The predicted octanol–water partition coefficient (Wildman–Crippen LogP) is 2.94. The van der Waals surface area contributed by atoms with Gasteiger partial charge in [0.25, 0.3) is 0 Å². The van der Waals surface area contributed by atoms with Gasteiger partial charge < -0.3 is 14.5 Å². The van der Waals surface area contributed by atoms with Gasteiger partial charge in [0.2, 0.25) is 5.89 Å². The van der Waals surface area contributed by atoms with Crippen molar-refractivity contribution in [3.8, 4) is 0 Å². The smallest absolute Gasteiger partial charge is 0.323 e. The topological polar surface area (TPSA) is 79.5 Å². The first-order valence-electron chi connectivity index (χ1n) is 6.50. The third-order valence-electron chi connectivity index (χ3n) is 2.83. The van der Waals surface area contributed by atoms with Crippen LogP contribution in [-0.4, -0.2) is 27.8 Å². The molecule has 0 fully saturated rings. The molecule has 0 aliphatic carbocycles. The molecule has 0 bridgehead atoms. The molecule has 0 atom stereocenters. The van der Waals surface area contributed by atoms with Crippen LogP contribution in [0.2, 0.25) is 5.02 Å². The molecular formula is C14H16ClN3O3. The molecule has 1 heterocycles. The minimum atomic E-state index is -0.933. The van der Waals surface area contributed by atoms with Crippen molar-refractivity contribution in [2.75, 3.05) is 11.4 Å². The highest BCUT2D eigenvalue weighted by Gasteiger charge is 2.16. The number of aliphatic carboxylic acids is 1. The standard InChI is InChI=1S/C14H16ClN3O3/c1-9(2)14-16-12(17-21-14)7-18(8-13(19)20)11-5-3-10(15)4-6-11/h3-6,9H,7-8H2,1-2H3,(H,19,20). The van der Waals surface area contributed by atoms with Gasteiger partial charge in [-0.05, 0) is 24.3 Å². The van der Waals surface area contributed by atoms with Crippen LogP contribution in [0.4, 0.5) is 5.69 Å². The number of hydrogen-bond acceptors (Lipinski definition) is 5.